The molecule has 124 valence electrons. The molecule has 0 saturated heterocycles. The van der Waals surface area contributed by atoms with Crippen LogP contribution in [0.1, 0.15) is 47.9 Å². The highest BCUT2D eigenvalue weighted by molar-refractivity contribution is 8.18. The average Bonchev–Trinajstić information content (AvgIpc) is 2.45. The van der Waals surface area contributed by atoms with Gasteiger partial charge in [0.05, 0.1) is 6.61 Å². The number of carbonyl (C=O) groups excluding carboxylic acids is 2. The Morgan fingerprint density at radius 3 is 1.86 bits per heavy atom. The first-order valence-corrected chi connectivity index (χ1v) is 9.33. The van der Waals surface area contributed by atoms with E-state index in [0.717, 1.165) is 12.8 Å². The van der Waals surface area contributed by atoms with Gasteiger partial charge in [0.15, 0.2) is 4.08 Å². The quantitative estimate of drug-likeness (QED) is 0.392. The van der Waals surface area contributed by atoms with Crippen molar-refractivity contribution in [2.75, 3.05) is 19.1 Å². The first-order valence-electron chi connectivity index (χ1n) is 6.88. The maximum absolute atomic E-state index is 10.8. The summed E-state index contributed by atoms with van der Waals surface area (Å²) in [5.74, 6) is -1.84. The number of esters is 1. The molecule has 0 bridgehead atoms. The van der Waals surface area contributed by atoms with E-state index in [0.29, 0.717) is 12.8 Å². The van der Waals surface area contributed by atoms with Gasteiger partial charge in [-0.3, -0.25) is 4.79 Å². The van der Waals surface area contributed by atoms with Crippen LogP contribution >= 0.6 is 23.5 Å². The summed E-state index contributed by atoms with van der Waals surface area (Å²) >= 11 is 2.83. The number of ether oxygens (including phenoxy) is 1. The van der Waals surface area contributed by atoms with Crippen LogP contribution in [0.25, 0.3) is 0 Å². The molecule has 0 rings (SSSR count). The van der Waals surface area contributed by atoms with E-state index < -0.39 is 21.8 Å². The zero-order chi connectivity index (χ0) is 16.9. The average molecular weight is 339 g/mol. The molecule has 5 nitrogen and oxygen atoms in total. The van der Waals surface area contributed by atoms with Crippen molar-refractivity contribution < 1.29 is 25.7 Å². The molecule has 1 N–H and O–H groups in total. The summed E-state index contributed by atoms with van der Waals surface area (Å²) in [6.45, 7) is 5.80. The standard InChI is InChI=1S/C7H12O3.C7H14O2S2/c1-3-5-6(8)7(9)10-4-2;1-4-5-7(10-2,11-3)6(8)9/h3-5H2,1-2H3;4-5H2,1-3H3,(H,8,9)/p+1. The highest BCUT2D eigenvalue weighted by Crippen LogP contribution is 2.38. The minimum atomic E-state index is -0.709. The Morgan fingerprint density at radius 2 is 1.62 bits per heavy atom. The maximum Gasteiger partial charge on any atom is 1.00 e. The number of aliphatic carboxylic acids is 1. The Bertz CT molecular complexity index is 317. The summed E-state index contributed by atoms with van der Waals surface area (Å²) in [6, 6.07) is 0. The second-order valence-electron chi connectivity index (χ2n) is 4.11. The van der Waals surface area contributed by atoms with Crippen LogP contribution < -0.4 is 0 Å². The second-order valence-corrected chi connectivity index (χ2v) is 6.58. The molecular formula is C14H27O5S2+. The SMILES string of the molecule is CCCC(=O)C(=O)OCC.CCCC(SC)(SC)C(=O)O.[H+]. The molecule has 0 aromatic carbocycles. The fourth-order valence-corrected chi connectivity index (χ4v) is 3.27. The summed E-state index contributed by atoms with van der Waals surface area (Å²) in [4.78, 5) is 32.1. The van der Waals surface area contributed by atoms with Crippen molar-refractivity contribution >= 4 is 41.2 Å². The van der Waals surface area contributed by atoms with Crippen LogP contribution in [-0.2, 0) is 19.1 Å². The van der Waals surface area contributed by atoms with Crippen molar-refractivity contribution in [3.05, 3.63) is 0 Å². The lowest BCUT2D eigenvalue weighted by Crippen LogP contribution is -2.30. The summed E-state index contributed by atoms with van der Waals surface area (Å²) < 4.78 is 3.85. The molecule has 0 amide bonds. The molecule has 0 spiro atoms. The lowest BCUT2D eigenvalue weighted by Gasteiger charge is -2.24. The molecule has 0 saturated carbocycles. The third kappa shape index (κ3) is 9.03. The first-order chi connectivity index (χ1) is 9.84. The van der Waals surface area contributed by atoms with Gasteiger partial charge >= 0.3 is 13.4 Å². The number of carboxylic acids is 1. The topological polar surface area (TPSA) is 80.7 Å². The number of ketones is 1. The van der Waals surface area contributed by atoms with E-state index in [1.165, 1.54) is 23.5 Å². The number of rotatable bonds is 9. The molecule has 0 aliphatic heterocycles. The number of carboxylic acid groups (broad SMARTS) is 1. The molecule has 0 atom stereocenters. The predicted molar refractivity (Wildman–Crippen MR) is 90.0 cm³/mol. The van der Waals surface area contributed by atoms with Gasteiger partial charge in [0.2, 0.25) is 5.78 Å². The van der Waals surface area contributed by atoms with Gasteiger partial charge < -0.3 is 9.84 Å². The Balaban J connectivity index is -0.000000315. The normalized spacial score (nSPS) is 10.3. The third-order valence-corrected chi connectivity index (χ3v) is 5.62. The zero-order valence-corrected chi connectivity index (χ0v) is 15.1. The van der Waals surface area contributed by atoms with Crippen LogP contribution in [0, 0.1) is 0 Å². The number of hydrogen-bond donors (Lipinski definition) is 1. The number of thioether (sulfide) groups is 2. The van der Waals surface area contributed by atoms with E-state index in [2.05, 4.69) is 4.74 Å². The van der Waals surface area contributed by atoms with Crippen molar-refractivity contribution in [2.24, 2.45) is 0 Å². The summed E-state index contributed by atoms with van der Waals surface area (Å²) in [6.07, 6.45) is 6.32. The lowest BCUT2D eigenvalue weighted by molar-refractivity contribution is -0.153. The highest BCUT2D eigenvalue weighted by atomic mass is 32.2. The van der Waals surface area contributed by atoms with Crippen LogP contribution in [0.5, 0.6) is 0 Å². The molecule has 0 aromatic rings. The van der Waals surface area contributed by atoms with Gasteiger partial charge in [-0.1, -0.05) is 20.3 Å². The van der Waals surface area contributed by atoms with E-state index in [-0.39, 0.29) is 8.03 Å². The van der Waals surface area contributed by atoms with Crippen LogP contribution in [0.15, 0.2) is 0 Å². The number of hydrogen-bond acceptors (Lipinski definition) is 6. The van der Waals surface area contributed by atoms with Gasteiger partial charge in [-0.25, -0.2) is 9.59 Å². The van der Waals surface area contributed by atoms with Crippen molar-refractivity contribution in [3.8, 4) is 0 Å². The van der Waals surface area contributed by atoms with E-state index >= 15 is 0 Å². The molecule has 0 fully saturated rings. The second kappa shape index (κ2) is 13.0. The summed E-state index contributed by atoms with van der Waals surface area (Å²) in [5.41, 5.74) is 0. The van der Waals surface area contributed by atoms with Gasteiger partial charge in [-0.2, -0.15) is 0 Å². The summed E-state index contributed by atoms with van der Waals surface area (Å²) in [7, 11) is 0. The summed E-state index contributed by atoms with van der Waals surface area (Å²) in [5, 5.41) is 8.91. The number of carbonyl (C=O) groups is 3. The molecule has 0 unspecified atom stereocenters. The smallest absolute Gasteiger partial charge is 0.480 e. The minimum absolute atomic E-state index is 0. The Hall–Kier alpha value is -0.690. The molecule has 0 aromatic heterocycles. The van der Waals surface area contributed by atoms with Crippen LogP contribution in [0.4, 0.5) is 0 Å². The Morgan fingerprint density at radius 1 is 1.10 bits per heavy atom. The van der Waals surface area contributed by atoms with Gasteiger partial charge in [-0.05, 0) is 32.3 Å². The minimum Gasteiger partial charge on any atom is -0.480 e. The molecule has 21 heavy (non-hydrogen) atoms. The lowest BCUT2D eigenvalue weighted by atomic mass is 10.2. The van der Waals surface area contributed by atoms with Crippen molar-refractivity contribution in [2.45, 2.75) is 50.5 Å². The molecule has 0 heterocycles. The van der Waals surface area contributed by atoms with Gasteiger partial charge in [-0.15, -0.1) is 23.5 Å². The van der Waals surface area contributed by atoms with Crippen molar-refractivity contribution in [1.82, 2.24) is 0 Å². The van der Waals surface area contributed by atoms with E-state index in [9.17, 15) is 14.4 Å². The van der Waals surface area contributed by atoms with Crippen LogP contribution in [-0.4, -0.2) is 46.0 Å². The molecule has 0 radical (unpaired) electrons. The molecule has 0 aliphatic rings. The largest absolute Gasteiger partial charge is 1.00 e. The van der Waals surface area contributed by atoms with Crippen molar-refractivity contribution in [3.63, 3.8) is 0 Å². The van der Waals surface area contributed by atoms with E-state index in [1.807, 2.05) is 26.4 Å². The van der Waals surface area contributed by atoms with Crippen LogP contribution in [0.3, 0.4) is 0 Å². The first kappa shape index (κ1) is 22.6. The monoisotopic (exact) mass is 339 g/mol. The van der Waals surface area contributed by atoms with E-state index in [1.54, 1.807) is 6.92 Å². The Kier molecular flexibility index (Phi) is 14.0. The molecule has 0 aliphatic carbocycles. The van der Waals surface area contributed by atoms with Crippen LogP contribution in [0.2, 0.25) is 0 Å². The maximum atomic E-state index is 10.8. The van der Waals surface area contributed by atoms with Crippen molar-refractivity contribution in [1.29, 1.82) is 0 Å². The fraction of sp³-hybridized carbons (Fsp3) is 0.786. The van der Waals surface area contributed by atoms with E-state index in [4.69, 9.17) is 5.11 Å². The number of Topliss-reactive ketones (excluding diaryl/α,β-unsaturated/α-hetero) is 1. The fourth-order valence-electron chi connectivity index (χ4n) is 1.44. The molecule has 7 heteroatoms. The van der Waals surface area contributed by atoms with Gasteiger partial charge in [0.1, 0.15) is 0 Å². The predicted octanol–water partition coefficient (Wildman–Crippen LogP) is 3.32. The Labute approximate surface area is 137 Å². The highest BCUT2D eigenvalue weighted by Gasteiger charge is 2.35. The van der Waals surface area contributed by atoms with Gasteiger partial charge in [0.25, 0.3) is 0 Å². The third-order valence-electron chi connectivity index (χ3n) is 2.54. The molecular weight excluding hydrogens is 312 g/mol. The zero-order valence-electron chi connectivity index (χ0n) is 14.4. The van der Waals surface area contributed by atoms with Gasteiger partial charge in [0, 0.05) is 6.42 Å².